The van der Waals surface area contributed by atoms with Crippen molar-refractivity contribution < 1.29 is 19.4 Å². The summed E-state index contributed by atoms with van der Waals surface area (Å²) in [4.78, 5) is 14.2. The molecule has 1 heterocycles. The quantitative estimate of drug-likeness (QED) is 0.730. The van der Waals surface area contributed by atoms with E-state index in [-0.39, 0.29) is 11.4 Å². The van der Waals surface area contributed by atoms with Gasteiger partial charge in [0.25, 0.3) is 0 Å². The summed E-state index contributed by atoms with van der Waals surface area (Å²) in [6.45, 7) is 9.06. The second kappa shape index (κ2) is 9.42. The van der Waals surface area contributed by atoms with Crippen molar-refractivity contribution in [2.24, 2.45) is 5.41 Å². The van der Waals surface area contributed by atoms with Crippen LogP contribution in [0.25, 0.3) is 0 Å². The van der Waals surface area contributed by atoms with E-state index >= 15 is 0 Å². The van der Waals surface area contributed by atoms with Crippen LogP contribution in [0.5, 0.6) is 5.75 Å². The zero-order chi connectivity index (χ0) is 19.9. The number of piperidine rings is 1. The van der Waals surface area contributed by atoms with Crippen LogP contribution in [-0.2, 0) is 11.2 Å². The predicted octanol–water partition coefficient (Wildman–Crippen LogP) is 2.84. The van der Waals surface area contributed by atoms with Gasteiger partial charge in [-0.3, -0.25) is 0 Å². The molecular weight excluding hydrogens is 344 g/mol. The van der Waals surface area contributed by atoms with Crippen LogP contribution < -0.4 is 10.1 Å². The van der Waals surface area contributed by atoms with Crippen LogP contribution in [0.1, 0.15) is 39.2 Å². The highest BCUT2D eigenvalue weighted by atomic mass is 16.5. The summed E-state index contributed by atoms with van der Waals surface area (Å²) in [5.41, 5.74) is 0.0872. The molecule has 0 radical (unpaired) electrons. The van der Waals surface area contributed by atoms with Gasteiger partial charge in [0.2, 0.25) is 0 Å². The van der Waals surface area contributed by atoms with Crippen molar-refractivity contribution >= 4 is 6.03 Å². The molecule has 0 atom stereocenters. The summed E-state index contributed by atoms with van der Waals surface area (Å²) >= 11 is 0. The Morgan fingerprint density at radius 2 is 1.96 bits per heavy atom. The van der Waals surface area contributed by atoms with E-state index in [4.69, 9.17) is 9.47 Å². The minimum Gasteiger partial charge on any atom is -0.496 e. The second-order valence-electron chi connectivity index (χ2n) is 8.16. The first kappa shape index (κ1) is 21.5. The standard InChI is InChI=1S/C21H34N2O4/c1-5-27-16-20(2,3)15-22-19(24)23-12-10-21(25,11-13-23)14-17-8-6-7-9-18(17)26-4/h6-9,25H,5,10-16H2,1-4H3,(H,22,24). The highest BCUT2D eigenvalue weighted by molar-refractivity contribution is 5.74. The number of nitrogens with one attached hydrogen (secondary N) is 1. The van der Waals surface area contributed by atoms with Gasteiger partial charge in [-0.2, -0.15) is 0 Å². The van der Waals surface area contributed by atoms with Crippen molar-refractivity contribution in [3.05, 3.63) is 29.8 Å². The molecule has 6 nitrogen and oxygen atoms in total. The Bertz CT molecular complexity index is 610. The van der Waals surface area contributed by atoms with Crippen molar-refractivity contribution in [3.8, 4) is 5.75 Å². The predicted molar refractivity (Wildman–Crippen MR) is 106 cm³/mol. The van der Waals surface area contributed by atoms with Crippen LogP contribution in [0.4, 0.5) is 4.79 Å². The number of amides is 2. The molecule has 1 aliphatic rings. The van der Waals surface area contributed by atoms with E-state index in [1.54, 1.807) is 12.0 Å². The third-order valence-corrected chi connectivity index (χ3v) is 5.11. The van der Waals surface area contributed by atoms with Crippen molar-refractivity contribution in [3.63, 3.8) is 0 Å². The molecule has 0 aromatic heterocycles. The summed E-state index contributed by atoms with van der Waals surface area (Å²) in [7, 11) is 1.64. The minimum absolute atomic E-state index is 0.0704. The average Bonchev–Trinajstić information content (AvgIpc) is 2.65. The number of hydrogen-bond donors (Lipinski definition) is 2. The molecule has 1 aromatic rings. The lowest BCUT2D eigenvalue weighted by atomic mass is 9.85. The molecule has 0 spiro atoms. The number of ether oxygens (including phenoxy) is 2. The number of carbonyl (C=O) groups excluding carboxylic acids is 1. The van der Waals surface area contributed by atoms with Gasteiger partial charge < -0.3 is 24.8 Å². The number of nitrogens with zero attached hydrogens (tertiary/aromatic N) is 1. The Morgan fingerprint density at radius 1 is 1.30 bits per heavy atom. The Kier molecular flexibility index (Phi) is 7.50. The lowest BCUT2D eigenvalue weighted by Gasteiger charge is -2.39. The van der Waals surface area contributed by atoms with Gasteiger partial charge in [0.15, 0.2) is 0 Å². The molecule has 0 aliphatic carbocycles. The van der Waals surface area contributed by atoms with Crippen LogP contribution in [-0.4, -0.2) is 61.6 Å². The molecule has 1 fully saturated rings. The molecule has 2 rings (SSSR count). The number of methoxy groups -OCH3 is 1. The number of benzene rings is 1. The maximum atomic E-state index is 12.5. The Morgan fingerprint density at radius 3 is 2.59 bits per heavy atom. The molecule has 0 unspecified atom stereocenters. The third kappa shape index (κ3) is 6.40. The van der Waals surface area contributed by atoms with Crippen LogP contribution in [0.3, 0.4) is 0 Å². The zero-order valence-corrected chi connectivity index (χ0v) is 17.1. The van der Waals surface area contributed by atoms with Crippen LogP contribution in [0, 0.1) is 5.41 Å². The minimum atomic E-state index is -0.806. The maximum absolute atomic E-state index is 12.5. The molecule has 6 heteroatoms. The highest BCUT2D eigenvalue weighted by Crippen LogP contribution is 2.30. The first-order chi connectivity index (χ1) is 12.8. The van der Waals surface area contributed by atoms with Gasteiger partial charge in [-0.1, -0.05) is 32.0 Å². The molecule has 0 bridgehead atoms. The van der Waals surface area contributed by atoms with E-state index in [0.29, 0.717) is 52.1 Å². The summed E-state index contributed by atoms with van der Waals surface area (Å²) in [5, 5.41) is 14.0. The van der Waals surface area contributed by atoms with E-state index in [0.717, 1.165) is 11.3 Å². The van der Waals surface area contributed by atoms with Crippen molar-refractivity contribution in [2.45, 2.75) is 45.6 Å². The number of likely N-dealkylation sites (tertiary alicyclic amines) is 1. The number of urea groups is 1. The van der Waals surface area contributed by atoms with Crippen LogP contribution in [0.2, 0.25) is 0 Å². The lowest BCUT2D eigenvalue weighted by Crippen LogP contribution is -2.52. The molecule has 1 aromatic carbocycles. The van der Waals surface area contributed by atoms with Crippen molar-refractivity contribution in [1.82, 2.24) is 10.2 Å². The highest BCUT2D eigenvalue weighted by Gasteiger charge is 2.35. The number of rotatable bonds is 8. The number of hydrogen-bond acceptors (Lipinski definition) is 4. The van der Waals surface area contributed by atoms with E-state index in [2.05, 4.69) is 19.2 Å². The van der Waals surface area contributed by atoms with Gasteiger partial charge in [-0.25, -0.2) is 4.79 Å². The second-order valence-corrected chi connectivity index (χ2v) is 8.16. The van der Waals surface area contributed by atoms with Crippen LogP contribution in [0.15, 0.2) is 24.3 Å². The zero-order valence-electron chi connectivity index (χ0n) is 17.1. The fourth-order valence-corrected chi connectivity index (χ4v) is 3.36. The topological polar surface area (TPSA) is 71.0 Å². The molecular formula is C21H34N2O4. The third-order valence-electron chi connectivity index (χ3n) is 5.11. The maximum Gasteiger partial charge on any atom is 0.317 e. The van der Waals surface area contributed by atoms with E-state index in [9.17, 15) is 9.90 Å². The summed E-state index contributed by atoms with van der Waals surface area (Å²) < 4.78 is 10.9. The molecule has 2 amide bonds. The Hall–Kier alpha value is -1.79. The lowest BCUT2D eigenvalue weighted by molar-refractivity contribution is -0.0123. The Balaban J connectivity index is 1.84. The number of para-hydroxylation sites is 1. The van der Waals surface area contributed by atoms with Gasteiger partial charge in [-0.05, 0) is 31.4 Å². The smallest absolute Gasteiger partial charge is 0.317 e. The SMILES string of the molecule is CCOCC(C)(C)CNC(=O)N1CCC(O)(Cc2ccccc2OC)CC1. The molecule has 2 N–H and O–H groups in total. The fourth-order valence-electron chi connectivity index (χ4n) is 3.36. The van der Waals surface area contributed by atoms with Gasteiger partial charge in [0.05, 0.1) is 19.3 Å². The van der Waals surface area contributed by atoms with Gasteiger partial charge in [0, 0.05) is 38.1 Å². The summed E-state index contributed by atoms with van der Waals surface area (Å²) in [5.74, 6) is 0.794. The largest absolute Gasteiger partial charge is 0.496 e. The normalized spacial score (nSPS) is 16.9. The summed E-state index contributed by atoms with van der Waals surface area (Å²) in [6.07, 6.45) is 1.65. The Labute approximate surface area is 162 Å². The van der Waals surface area contributed by atoms with E-state index in [1.165, 1.54) is 0 Å². The van der Waals surface area contributed by atoms with Gasteiger partial charge >= 0.3 is 6.03 Å². The number of aliphatic hydroxyl groups is 1. The molecule has 1 saturated heterocycles. The molecule has 1 aliphatic heterocycles. The first-order valence-corrected chi connectivity index (χ1v) is 9.73. The van der Waals surface area contributed by atoms with Gasteiger partial charge in [-0.15, -0.1) is 0 Å². The van der Waals surface area contributed by atoms with Crippen LogP contribution >= 0.6 is 0 Å². The van der Waals surface area contributed by atoms with Crippen molar-refractivity contribution in [1.29, 1.82) is 0 Å². The van der Waals surface area contributed by atoms with Gasteiger partial charge in [0.1, 0.15) is 5.75 Å². The molecule has 152 valence electrons. The van der Waals surface area contributed by atoms with E-state index < -0.39 is 5.60 Å². The molecule has 27 heavy (non-hydrogen) atoms. The molecule has 0 saturated carbocycles. The van der Waals surface area contributed by atoms with Crippen molar-refractivity contribution in [2.75, 3.05) is 40.0 Å². The average molecular weight is 379 g/mol. The van der Waals surface area contributed by atoms with E-state index in [1.807, 2.05) is 31.2 Å². The first-order valence-electron chi connectivity index (χ1n) is 9.73. The fraction of sp³-hybridized carbons (Fsp3) is 0.667. The number of carbonyl (C=O) groups is 1. The summed E-state index contributed by atoms with van der Waals surface area (Å²) in [6, 6.07) is 7.70. The monoisotopic (exact) mass is 378 g/mol.